The summed E-state index contributed by atoms with van der Waals surface area (Å²) in [6.07, 6.45) is 38.1. The largest absolute Gasteiger partial charge is 3.00 e. The van der Waals surface area contributed by atoms with Crippen LogP contribution in [0.4, 0.5) is 0 Å². The molecule has 3 aromatic rings. The number of rotatable bonds is 0. The van der Waals surface area contributed by atoms with Gasteiger partial charge in [0.05, 0.1) is 22.8 Å². The molecule has 5 heterocycles. The van der Waals surface area contributed by atoms with Crippen molar-refractivity contribution in [3.63, 3.8) is 0 Å². The van der Waals surface area contributed by atoms with Crippen molar-refractivity contribution in [2.45, 2.75) is 0 Å². The van der Waals surface area contributed by atoms with Gasteiger partial charge in [-0.15, -0.1) is 0 Å². The van der Waals surface area contributed by atoms with Crippen molar-refractivity contribution < 1.29 is 0 Å². The fourth-order valence-corrected chi connectivity index (χ4v) is 2.94. The number of aromatic amines is 2. The molecule has 0 saturated carbocycles. The molecule has 2 N–H and O–H groups in total. The minimum absolute atomic E-state index is 0. The molecule has 5 rings (SSSR count). The summed E-state index contributed by atoms with van der Waals surface area (Å²) >= 11 is 0. The molecule has 4 nitrogen and oxygen atoms in total. The monoisotopic (exact) mass is 520 g/mol. The topological polar surface area (TPSA) is 57.4 Å². The molecule has 0 aliphatic carbocycles. The fraction of sp³-hybridized carbons (Fsp3) is 0. The maximum atomic E-state index is 5.00. The zero-order valence-corrected chi connectivity index (χ0v) is 21.8. The predicted molar refractivity (Wildman–Crippen MR) is 130 cm³/mol. The van der Waals surface area contributed by atoms with Gasteiger partial charge >= 0.3 is 39.6 Å². The van der Waals surface area contributed by atoms with Crippen molar-refractivity contribution in [3.05, 3.63) is 110 Å². The summed E-state index contributed by atoms with van der Waals surface area (Å²) in [5.74, 6) is 0. The second-order valence-corrected chi connectivity index (χ2v) is 5.91. The molecule has 0 saturated heterocycles. The van der Waals surface area contributed by atoms with Crippen molar-refractivity contribution in [2.75, 3.05) is 0 Å². The van der Waals surface area contributed by atoms with Crippen LogP contribution in [0.15, 0.2) is 48.5 Å². The summed E-state index contributed by atoms with van der Waals surface area (Å²) < 4.78 is 0. The molecule has 2 aliphatic heterocycles. The standard InChI is InChI=1S/C20H14N4.3C2.2Ga/c1-2-14-10-16-5-6-18(23-16)12-20-8-7-19(24-20)11-17-4-3-15(22-17)9-13(1)21-14;3*1-2;;/h1-12,21,24H;;;;;/q;3*-2;2*+3. The molecular weight excluding hydrogens is 508 g/mol. The molecule has 0 spiro atoms. The van der Waals surface area contributed by atoms with E-state index in [1.165, 1.54) is 0 Å². The van der Waals surface area contributed by atoms with Crippen LogP contribution in [-0.4, -0.2) is 59.5 Å². The number of aromatic nitrogens is 4. The Morgan fingerprint density at radius 3 is 0.875 bits per heavy atom. The molecule has 0 atom stereocenters. The number of hydrogen-bond acceptors (Lipinski definition) is 2. The Kier molecular flexibility index (Phi) is 13.0. The van der Waals surface area contributed by atoms with E-state index in [2.05, 4.69) is 44.2 Å². The molecule has 0 radical (unpaired) electrons. The van der Waals surface area contributed by atoms with Gasteiger partial charge in [0, 0.05) is 22.1 Å². The third-order valence-electron chi connectivity index (χ3n) is 4.04. The van der Waals surface area contributed by atoms with E-state index in [0.29, 0.717) is 0 Å². The first kappa shape index (κ1) is 28.6. The van der Waals surface area contributed by atoms with Crippen LogP contribution in [0.25, 0.3) is 46.4 Å². The van der Waals surface area contributed by atoms with Crippen LogP contribution in [0.1, 0.15) is 22.8 Å². The van der Waals surface area contributed by atoms with Crippen molar-refractivity contribution >= 4 is 86.0 Å². The van der Waals surface area contributed by atoms with E-state index in [0.717, 1.165) is 44.8 Å². The molecule has 2 aliphatic rings. The van der Waals surface area contributed by atoms with Gasteiger partial charge in [-0.2, -0.15) is 0 Å². The number of fused-ring (bicyclic) bond motifs is 8. The Morgan fingerprint density at radius 2 is 0.656 bits per heavy atom. The molecule has 144 valence electrons. The van der Waals surface area contributed by atoms with Crippen LogP contribution in [0.5, 0.6) is 0 Å². The summed E-state index contributed by atoms with van der Waals surface area (Å²) in [4.78, 5) is 16.0. The van der Waals surface area contributed by atoms with Gasteiger partial charge in [-0.1, -0.05) is 0 Å². The normalized spacial score (nSPS) is 9.69. The average Bonchev–Trinajstić information content (AvgIpc) is 3.58. The summed E-state index contributed by atoms with van der Waals surface area (Å²) in [5.41, 5.74) is 7.86. The van der Waals surface area contributed by atoms with Gasteiger partial charge in [0.1, 0.15) is 0 Å². The van der Waals surface area contributed by atoms with E-state index in [1.807, 2.05) is 48.6 Å². The van der Waals surface area contributed by atoms with Gasteiger partial charge in [0.15, 0.2) is 0 Å². The first-order valence-corrected chi connectivity index (χ1v) is 8.60. The van der Waals surface area contributed by atoms with E-state index in [-0.39, 0.29) is 39.6 Å². The maximum absolute atomic E-state index is 5.00. The van der Waals surface area contributed by atoms with Crippen molar-refractivity contribution in [1.82, 2.24) is 19.9 Å². The van der Waals surface area contributed by atoms with Crippen molar-refractivity contribution in [3.8, 4) is 0 Å². The van der Waals surface area contributed by atoms with Crippen LogP contribution in [0.2, 0.25) is 0 Å². The summed E-state index contributed by atoms with van der Waals surface area (Å²) in [5, 5.41) is 0. The molecule has 0 aromatic carbocycles. The van der Waals surface area contributed by atoms with Crippen molar-refractivity contribution in [1.29, 1.82) is 0 Å². The first-order chi connectivity index (χ1) is 14.8. The van der Waals surface area contributed by atoms with Gasteiger partial charge in [-0.3, -0.25) is 0 Å². The SMILES string of the molecule is C1=Cc2cc3ccc(cc4nc(cc5ccc(cc1n2)[nH]5)C=C4)[nH]3.[C-]#[C-].[C-]#[C-].[C-]#[C-].[Ga+3].[Ga+3]. The van der Waals surface area contributed by atoms with Crippen LogP contribution in [0.3, 0.4) is 0 Å². The maximum Gasteiger partial charge on any atom is 3.00 e. The van der Waals surface area contributed by atoms with Crippen LogP contribution >= 0.6 is 0 Å². The Morgan fingerprint density at radius 1 is 0.438 bits per heavy atom. The molecule has 6 heteroatoms. The minimum atomic E-state index is 0. The van der Waals surface area contributed by atoms with E-state index in [4.69, 9.17) is 38.5 Å². The number of H-pyrrole nitrogens is 2. The summed E-state index contributed by atoms with van der Waals surface area (Å²) in [6, 6.07) is 16.4. The first-order valence-electron chi connectivity index (χ1n) is 8.60. The molecule has 3 aromatic heterocycles. The second-order valence-electron chi connectivity index (χ2n) is 5.91. The third-order valence-corrected chi connectivity index (χ3v) is 4.04. The van der Waals surface area contributed by atoms with Gasteiger partial charge in [0.25, 0.3) is 0 Å². The van der Waals surface area contributed by atoms with Gasteiger partial charge in [-0.05, 0) is 72.8 Å². The van der Waals surface area contributed by atoms with Crippen LogP contribution < -0.4 is 0 Å². The Hall–Kier alpha value is -3.45. The number of hydrogen-bond donors (Lipinski definition) is 2. The smallest absolute Gasteiger partial charge is 1.00 e. The minimum Gasteiger partial charge on any atom is -1.00 e. The van der Waals surface area contributed by atoms with Crippen LogP contribution in [0, 0.1) is 38.5 Å². The van der Waals surface area contributed by atoms with Crippen LogP contribution in [-0.2, 0) is 0 Å². The Bertz CT molecular complexity index is 1110. The molecular formula is C26H14Ga2N4. The molecule has 8 bridgehead atoms. The molecule has 0 amide bonds. The Balaban J connectivity index is 0.00000112. The number of nitrogens with one attached hydrogen (secondary N) is 2. The van der Waals surface area contributed by atoms with Gasteiger partial charge in [0.2, 0.25) is 0 Å². The quantitative estimate of drug-likeness (QED) is 0.180. The van der Waals surface area contributed by atoms with Gasteiger partial charge in [-0.25, -0.2) is 9.97 Å². The summed E-state index contributed by atoms with van der Waals surface area (Å²) in [7, 11) is 0. The predicted octanol–water partition coefficient (Wildman–Crippen LogP) is 4.38. The molecule has 0 fully saturated rings. The van der Waals surface area contributed by atoms with E-state index in [1.54, 1.807) is 0 Å². The zero-order valence-electron chi connectivity index (χ0n) is 17.0. The van der Waals surface area contributed by atoms with E-state index < -0.39 is 0 Å². The zero-order chi connectivity index (χ0) is 21.9. The van der Waals surface area contributed by atoms with Gasteiger partial charge < -0.3 is 48.5 Å². The van der Waals surface area contributed by atoms with E-state index >= 15 is 0 Å². The van der Waals surface area contributed by atoms with Crippen molar-refractivity contribution in [2.24, 2.45) is 0 Å². The number of nitrogens with zero attached hydrogens (tertiary/aromatic N) is 2. The average molecular weight is 522 g/mol. The third kappa shape index (κ3) is 7.35. The summed E-state index contributed by atoms with van der Waals surface area (Å²) in [6.45, 7) is 0. The second kappa shape index (κ2) is 14.5. The molecule has 0 unspecified atom stereocenters. The fourth-order valence-electron chi connectivity index (χ4n) is 2.94. The molecule has 32 heavy (non-hydrogen) atoms. The van der Waals surface area contributed by atoms with E-state index in [9.17, 15) is 0 Å². The Labute approximate surface area is 214 Å².